The summed E-state index contributed by atoms with van der Waals surface area (Å²) in [4.78, 5) is 24.2. The van der Waals surface area contributed by atoms with Crippen LogP contribution in [0, 0.1) is 5.92 Å². The van der Waals surface area contributed by atoms with Crippen LogP contribution in [0.2, 0.25) is 0 Å². The molecule has 0 heterocycles. The van der Waals surface area contributed by atoms with Crippen LogP contribution in [0.4, 0.5) is 0 Å². The van der Waals surface area contributed by atoms with Gasteiger partial charge < -0.3 is 10.0 Å². The number of aliphatic hydroxyl groups excluding tert-OH is 1. The first kappa shape index (κ1) is 14.1. The van der Waals surface area contributed by atoms with E-state index in [1.54, 1.807) is 7.05 Å². The maximum Gasteiger partial charge on any atom is 0.251 e. The second kappa shape index (κ2) is 5.85. The fourth-order valence-corrected chi connectivity index (χ4v) is 1.49. The van der Waals surface area contributed by atoms with Gasteiger partial charge in [0.1, 0.15) is 6.10 Å². The van der Waals surface area contributed by atoms with E-state index in [2.05, 4.69) is 0 Å². The molecule has 4 heteroatoms. The molecule has 0 aliphatic heterocycles. The van der Waals surface area contributed by atoms with Crippen LogP contribution in [-0.4, -0.2) is 40.9 Å². The number of aliphatic hydroxyl groups is 1. The summed E-state index contributed by atoms with van der Waals surface area (Å²) in [6.07, 6.45) is -0.423. The lowest BCUT2D eigenvalue weighted by molar-refractivity contribution is -0.144. The summed E-state index contributed by atoms with van der Waals surface area (Å²) < 4.78 is 0. The van der Waals surface area contributed by atoms with Gasteiger partial charge in [-0.15, -0.1) is 0 Å². The minimum Gasteiger partial charge on any atom is -0.384 e. The molecule has 0 fully saturated rings. The number of hydrogen-bond acceptors (Lipinski definition) is 3. The van der Waals surface area contributed by atoms with Gasteiger partial charge in [-0.05, 0) is 26.2 Å². The Morgan fingerprint density at radius 1 is 1.27 bits per heavy atom. The van der Waals surface area contributed by atoms with E-state index in [4.69, 9.17) is 5.11 Å². The third-order valence-electron chi connectivity index (χ3n) is 2.34. The maximum atomic E-state index is 11.5. The molecule has 15 heavy (non-hydrogen) atoms. The van der Waals surface area contributed by atoms with E-state index in [0.717, 1.165) is 0 Å². The van der Waals surface area contributed by atoms with Crippen LogP contribution < -0.4 is 0 Å². The van der Waals surface area contributed by atoms with Crippen LogP contribution >= 0.6 is 0 Å². The molecular formula is C11H21NO3. The van der Waals surface area contributed by atoms with Gasteiger partial charge in [-0.1, -0.05) is 13.8 Å². The van der Waals surface area contributed by atoms with E-state index in [-0.39, 0.29) is 5.78 Å². The zero-order valence-electron chi connectivity index (χ0n) is 10.2. The van der Waals surface area contributed by atoms with Crippen LogP contribution in [0.15, 0.2) is 0 Å². The number of rotatable bonds is 5. The zero-order chi connectivity index (χ0) is 12.2. The molecule has 2 atom stereocenters. The fourth-order valence-electron chi connectivity index (χ4n) is 1.49. The van der Waals surface area contributed by atoms with Gasteiger partial charge in [0.2, 0.25) is 0 Å². The van der Waals surface area contributed by atoms with Gasteiger partial charge in [-0.3, -0.25) is 9.59 Å². The van der Waals surface area contributed by atoms with E-state index in [1.807, 2.05) is 13.8 Å². The van der Waals surface area contributed by atoms with Gasteiger partial charge in [-0.2, -0.15) is 0 Å². The first-order valence-electron chi connectivity index (χ1n) is 5.22. The number of carbonyl (C=O) groups is 2. The number of nitrogens with zero attached hydrogens (tertiary/aromatic N) is 1. The van der Waals surface area contributed by atoms with Crippen molar-refractivity contribution in [1.29, 1.82) is 0 Å². The van der Waals surface area contributed by atoms with Crippen LogP contribution in [-0.2, 0) is 9.59 Å². The molecule has 0 aromatic carbocycles. The number of ketones is 1. The Kier molecular flexibility index (Phi) is 5.50. The molecule has 0 radical (unpaired) electrons. The molecule has 0 spiro atoms. The Labute approximate surface area is 91.3 Å². The molecule has 0 bridgehead atoms. The predicted molar refractivity (Wildman–Crippen MR) is 58.4 cm³/mol. The zero-order valence-corrected chi connectivity index (χ0v) is 10.2. The summed E-state index contributed by atoms with van der Waals surface area (Å²) in [5.41, 5.74) is 0. The van der Waals surface area contributed by atoms with Crippen molar-refractivity contribution in [1.82, 2.24) is 4.90 Å². The quantitative estimate of drug-likeness (QED) is 0.739. The van der Waals surface area contributed by atoms with E-state index >= 15 is 0 Å². The third-order valence-corrected chi connectivity index (χ3v) is 2.34. The number of Topliss-reactive ketones (excluding diaryl/α,β-unsaturated/α-hetero) is 1. The van der Waals surface area contributed by atoms with Gasteiger partial charge in [-0.25, -0.2) is 0 Å². The number of hydrogen-bond donors (Lipinski definition) is 1. The second-order valence-corrected chi connectivity index (χ2v) is 4.38. The fraction of sp³-hybridized carbons (Fsp3) is 0.818. The van der Waals surface area contributed by atoms with Gasteiger partial charge in [0.05, 0.1) is 6.04 Å². The van der Waals surface area contributed by atoms with Crippen molar-refractivity contribution in [3.05, 3.63) is 0 Å². The van der Waals surface area contributed by atoms with Crippen molar-refractivity contribution in [3.8, 4) is 0 Å². The Bertz CT molecular complexity index is 236. The monoisotopic (exact) mass is 215 g/mol. The Balaban J connectivity index is 4.62. The summed E-state index contributed by atoms with van der Waals surface area (Å²) in [5.74, 6) is -0.112. The van der Waals surface area contributed by atoms with Crippen LogP contribution in [0.25, 0.3) is 0 Å². The molecule has 0 unspecified atom stereocenters. The highest BCUT2D eigenvalue weighted by Gasteiger charge is 2.26. The molecule has 88 valence electrons. The molecule has 0 aromatic rings. The average Bonchev–Trinajstić information content (AvgIpc) is 2.10. The highest BCUT2D eigenvalue weighted by atomic mass is 16.3. The summed E-state index contributed by atoms with van der Waals surface area (Å²) in [6, 6.07) is -0.424. The van der Waals surface area contributed by atoms with Crippen molar-refractivity contribution in [3.63, 3.8) is 0 Å². The Morgan fingerprint density at radius 3 is 2.00 bits per heavy atom. The molecule has 0 rings (SSSR count). The van der Waals surface area contributed by atoms with Crippen LogP contribution in [0.1, 0.15) is 34.1 Å². The van der Waals surface area contributed by atoms with Crippen molar-refractivity contribution >= 4 is 11.7 Å². The molecule has 1 N–H and O–H groups in total. The van der Waals surface area contributed by atoms with Crippen LogP contribution in [0.5, 0.6) is 0 Å². The van der Waals surface area contributed by atoms with E-state index in [9.17, 15) is 9.59 Å². The Hall–Kier alpha value is -0.900. The first-order chi connectivity index (χ1) is 6.77. The molecule has 0 saturated heterocycles. The SMILES string of the molecule is CC(=O)[C@@H](CC(C)C)N(C)C(=O)[C@H](C)O. The normalized spacial score (nSPS) is 14.9. The van der Waals surface area contributed by atoms with Crippen molar-refractivity contribution in [2.75, 3.05) is 7.05 Å². The summed E-state index contributed by atoms with van der Waals surface area (Å²) in [5, 5.41) is 9.15. The van der Waals surface area contributed by atoms with Crippen molar-refractivity contribution in [2.24, 2.45) is 5.92 Å². The molecule has 0 aliphatic rings. The van der Waals surface area contributed by atoms with E-state index in [0.29, 0.717) is 12.3 Å². The number of amides is 1. The van der Waals surface area contributed by atoms with Gasteiger partial charge in [0.15, 0.2) is 5.78 Å². The topological polar surface area (TPSA) is 57.6 Å². The summed E-state index contributed by atoms with van der Waals surface area (Å²) in [7, 11) is 1.56. The average molecular weight is 215 g/mol. The van der Waals surface area contributed by atoms with Gasteiger partial charge in [0.25, 0.3) is 5.91 Å². The standard InChI is InChI=1S/C11H21NO3/c1-7(2)6-10(8(3)13)12(5)11(15)9(4)14/h7,9-10,14H,6H2,1-5H3/t9-,10+/m0/s1. The molecular weight excluding hydrogens is 194 g/mol. The number of carbonyl (C=O) groups excluding carboxylic acids is 2. The molecule has 0 aliphatic carbocycles. The highest BCUT2D eigenvalue weighted by Crippen LogP contribution is 2.12. The predicted octanol–water partition coefficient (Wildman–Crippen LogP) is 0.829. The summed E-state index contributed by atoms with van der Waals surface area (Å²) >= 11 is 0. The lowest BCUT2D eigenvalue weighted by Gasteiger charge is -2.28. The second-order valence-electron chi connectivity index (χ2n) is 4.38. The summed E-state index contributed by atoms with van der Waals surface area (Å²) in [6.45, 7) is 6.87. The largest absolute Gasteiger partial charge is 0.384 e. The van der Waals surface area contributed by atoms with Crippen molar-refractivity contribution < 1.29 is 14.7 Å². The lowest BCUT2D eigenvalue weighted by Crippen LogP contribution is -2.46. The maximum absolute atomic E-state index is 11.5. The van der Waals surface area contributed by atoms with Gasteiger partial charge >= 0.3 is 0 Å². The smallest absolute Gasteiger partial charge is 0.251 e. The van der Waals surface area contributed by atoms with E-state index in [1.165, 1.54) is 18.7 Å². The van der Waals surface area contributed by atoms with Crippen LogP contribution in [0.3, 0.4) is 0 Å². The minimum atomic E-state index is -1.05. The molecule has 4 nitrogen and oxygen atoms in total. The van der Waals surface area contributed by atoms with Crippen molar-refractivity contribution in [2.45, 2.75) is 46.3 Å². The molecule has 1 amide bonds. The Morgan fingerprint density at radius 2 is 1.73 bits per heavy atom. The highest BCUT2D eigenvalue weighted by molar-refractivity contribution is 5.88. The minimum absolute atomic E-state index is 0.0415. The van der Waals surface area contributed by atoms with Gasteiger partial charge in [0, 0.05) is 7.05 Å². The molecule has 0 aromatic heterocycles. The third kappa shape index (κ3) is 4.42. The van der Waals surface area contributed by atoms with E-state index < -0.39 is 18.1 Å². The molecule has 0 saturated carbocycles. The lowest BCUT2D eigenvalue weighted by atomic mass is 9.99. The number of likely N-dealkylation sites (N-methyl/N-ethyl adjacent to an activating group) is 1. The first-order valence-corrected chi connectivity index (χ1v) is 5.22.